The Morgan fingerprint density at radius 2 is 1.82 bits per heavy atom. The van der Waals surface area contributed by atoms with Crippen LogP contribution in [0.15, 0.2) is 54.6 Å². The maximum Gasteiger partial charge on any atom is 0.416 e. The first-order valence-corrected chi connectivity index (χ1v) is 9.88. The zero-order chi connectivity index (χ0) is 20.6. The van der Waals surface area contributed by atoms with E-state index in [2.05, 4.69) is 5.32 Å². The van der Waals surface area contributed by atoms with Crippen molar-refractivity contribution in [3.8, 4) is 0 Å². The third-order valence-corrected chi connectivity index (χ3v) is 4.52. The molecule has 1 N–H and O–H groups in total. The number of ether oxygens (including phenoxy) is 1. The van der Waals surface area contributed by atoms with Gasteiger partial charge in [0, 0.05) is 5.56 Å². The summed E-state index contributed by atoms with van der Waals surface area (Å²) in [7, 11) is 0. The van der Waals surface area contributed by atoms with Gasteiger partial charge in [-0.2, -0.15) is 24.9 Å². The topological polar surface area (TPSA) is 55.4 Å². The van der Waals surface area contributed by atoms with Gasteiger partial charge in [-0.3, -0.25) is 4.79 Å². The van der Waals surface area contributed by atoms with Gasteiger partial charge in [-0.15, -0.1) is 0 Å². The van der Waals surface area contributed by atoms with E-state index in [0.29, 0.717) is 17.7 Å². The number of benzene rings is 2. The Morgan fingerprint density at radius 1 is 1.11 bits per heavy atom. The van der Waals surface area contributed by atoms with E-state index in [-0.39, 0.29) is 12.2 Å². The van der Waals surface area contributed by atoms with Crippen molar-refractivity contribution in [2.45, 2.75) is 25.2 Å². The molecule has 0 spiro atoms. The average molecular weight is 411 g/mol. The number of hydrogen-bond donors (Lipinski definition) is 1. The van der Waals surface area contributed by atoms with Gasteiger partial charge in [0.25, 0.3) is 5.91 Å². The number of rotatable bonds is 8. The summed E-state index contributed by atoms with van der Waals surface area (Å²) in [5, 5.41) is 2.63. The largest absolute Gasteiger partial charge is 0.459 e. The molecule has 150 valence electrons. The lowest BCUT2D eigenvalue weighted by molar-refractivity contribution is -0.147. The van der Waals surface area contributed by atoms with E-state index in [4.69, 9.17) is 4.74 Å². The quantitative estimate of drug-likeness (QED) is 0.658. The molecule has 1 atom stereocenters. The van der Waals surface area contributed by atoms with E-state index in [9.17, 15) is 22.8 Å². The molecule has 2 aromatic carbocycles. The Kier molecular flexibility index (Phi) is 7.92. The van der Waals surface area contributed by atoms with Crippen molar-refractivity contribution >= 4 is 23.6 Å². The Hall–Kier alpha value is -2.48. The number of carbonyl (C=O) groups is 2. The van der Waals surface area contributed by atoms with Crippen LogP contribution in [0.4, 0.5) is 13.2 Å². The van der Waals surface area contributed by atoms with Crippen molar-refractivity contribution in [3.05, 3.63) is 71.3 Å². The van der Waals surface area contributed by atoms with Crippen LogP contribution in [0.1, 0.15) is 27.9 Å². The number of hydrogen-bond acceptors (Lipinski definition) is 4. The lowest BCUT2D eigenvalue weighted by Crippen LogP contribution is -2.42. The minimum atomic E-state index is -4.47. The molecule has 0 heterocycles. The van der Waals surface area contributed by atoms with Gasteiger partial charge < -0.3 is 10.1 Å². The van der Waals surface area contributed by atoms with Gasteiger partial charge in [0.15, 0.2) is 0 Å². The first-order valence-electron chi connectivity index (χ1n) is 8.49. The summed E-state index contributed by atoms with van der Waals surface area (Å²) < 4.78 is 43.5. The number of carbonyl (C=O) groups excluding carboxylic acids is 2. The van der Waals surface area contributed by atoms with Crippen molar-refractivity contribution in [3.63, 3.8) is 0 Å². The van der Waals surface area contributed by atoms with Crippen molar-refractivity contribution in [1.29, 1.82) is 0 Å². The third-order valence-electron chi connectivity index (χ3n) is 3.87. The predicted molar refractivity (Wildman–Crippen MR) is 102 cm³/mol. The smallest absolute Gasteiger partial charge is 0.416 e. The maximum absolute atomic E-state index is 12.8. The highest BCUT2D eigenvalue weighted by atomic mass is 32.2. The Balaban J connectivity index is 2.01. The molecule has 8 heteroatoms. The van der Waals surface area contributed by atoms with Crippen LogP contribution in [0, 0.1) is 0 Å². The molecular weight excluding hydrogens is 391 g/mol. The molecule has 0 aliphatic carbocycles. The van der Waals surface area contributed by atoms with Crippen molar-refractivity contribution in [2.24, 2.45) is 0 Å². The fourth-order valence-electron chi connectivity index (χ4n) is 2.41. The fraction of sp³-hybridized carbons (Fsp3) is 0.300. The number of halogens is 3. The fourth-order valence-corrected chi connectivity index (χ4v) is 2.88. The van der Waals surface area contributed by atoms with Crippen LogP contribution in [-0.2, 0) is 22.3 Å². The summed E-state index contributed by atoms with van der Waals surface area (Å²) in [4.78, 5) is 24.7. The van der Waals surface area contributed by atoms with E-state index in [1.165, 1.54) is 23.9 Å². The minimum absolute atomic E-state index is 0.223. The lowest BCUT2D eigenvalue weighted by Gasteiger charge is -2.18. The van der Waals surface area contributed by atoms with Gasteiger partial charge in [-0.05, 0) is 48.3 Å². The van der Waals surface area contributed by atoms with Gasteiger partial charge in [-0.1, -0.05) is 30.3 Å². The number of esters is 1. The van der Waals surface area contributed by atoms with Crippen molar-refractivity contribution in [1.82, 2.24) is 5.32 Å². The molecule has 28 heavy (non-hydrogen) atoms. The number of amides is 1. The van der Waals surface area contributed by atoms with Crippen LogP contribution in [0.2, 0.25) is 0 Å². The van der Waals surface area contributed by atoms with Crippen LogP contribution in [0.3, 0.4) is 0 Å². The van der Waals surface area contributed by atoms with Crippen molar-refractivity contribution in [2.75, 3.05) is 12.0 Å². The van der Waals surface area contributed by atoms with Crippen LogP contribution < -0.4 is 5.32 Å². The SMILES string of the molecule is CSCCC(NC(=O)c1ccccc1)C(=O)OCc1cccc(C(F)(F)F)c1. The summed E-state index contributed by atoms with van der Waals surface area (Å²) in [6.45, 7) is -0.306. The molecule has 0 fully saturated rings. The van der Waals surface area contributed by atoms with E-state index in [1.54, 1.807) is 30.3 Å². The van der Waals surface area contributed by atoms with Crippen molar-refractivity contribution < 1.29 is 27.5 Å². The molecule has 0 aliphatic heterocycles. The van der Waals surface area contributed by atoms with Gasteiger partial charge in [-0.25, -0.2) is 4.79 Å². The zero-order valence-corrected chi connectivity index (χ0v) is 16.0. The number of thioether (sulfide) groups is 1. The monoisotopic (exact) mass is 411 g/mol. The van der Waals surface area contributed by atoms with Gasteiger partial charge in [0.2, 0.25) is 0 Å². The molecular formula is C20H20F3NO3S. The third kappa shape index (κ3) is 6.60. The molecule has 0 aliphatic rings. The molecule has 0 radical (unpaired) electrons. The van der Waals surface area contributed by atoms with Gasteiger partial charge >= 0.3 is 12.1 Å². The molecule has 0 aromatic heterocycles. The summed E-state index contributed by atoms with van der Waals surface area (Å²) in [5.41, 5.74) is -0.180. The number of nitrogens with one attached hydrogen (secondary N) is 1. The second-order valence-corrected chi connectivity index (χ2v) is 6.96. The van der Waals surface area contributed by atoms with E-state index >= 15 is 0 Å². The summed E-state index contributed by atoms with van der Waals surface area (Å²) in [5.74, 6) is -0.489. The highest BCUT2D eigenvalue weighted by molar-refractivity contribution is 7.98. The van der Waals surface area contributed by atoms with E-state index < -0.39 is 29.7 Å². The first-order chi connectivity index (χ1) is 13.3. The number of alkyl halides is 3. The van der Waals surface area contributed by atoms with E-state index in [1.807, 2.05) is 6.26 Å². The molecule has 2 aromatic rings. The molecule has 1 amide bonds. The zero-order valence-electron chi connectivity index (χ0n) is 15.2. The highest BCUT2D eigenvalue weighted by Gasteiger charge is 2.30. The molecule has 0 saturated carbocycles. The Labute approximate surface area is 165 Å². The second-order valence-electron chi connectivity index (χ2n) is 5.98. The first kappa shape index (κ1) is 21.8. The van der Waals surface area contributed by atoms with Gasteiger partial charge in [0.05, 0.1) is 5.56 Å². The normalized spacial score (nSPS) is 12.3. The Morgan fingerprint density at radius 3 is 2.46 bits per heavy atom. The summed E-state index contributed by atoms with van der Waals surface area (Å²) in [6.07, 6.45) is -2.25. The molecule has 0 bridgehead atoms. The van der Waals surface area contributed by atoms with Crippen LogP contribution in [0.5, 0.6) is 0 Å². The molecule has 1 unspecified atom stereocenters. The van der Waals surface area contributed by atoms with E-state index in [0.717, 1.165) is 12.1 Å². The lowest BCUT2D eigenvalue weighted by atomic mass is 10.1. The van der Waals surface area contributed by atoms with Crippen LogP contribution >= 0.6 is 11.8 Å². The minimum Gasteiger partial charge on any atom is -0.459 e. The maximum atomic E-state index is 12.8. The van der Waals surface area contributed by atoms with Crippen LogP contribution in [-0.4, -0.2) is 29.9 Å². The summed E-state index contributed by atoms with van der Waals surface area (Å²) in [6, 6.07) is 12.1. The average Bonchev–Trinajstić information content (AvgIpc) is 2.69. The molecule has 4 nitrogen and oxygen atoms in total. The van der Waals surface area contributed by atoms with Crippen LogP contribution in [0.25, 0.3) is 0 Å². The summed E-state index contributed by atoms with van der Waals surface area (Å²) >= 11 is 1.51. The predicted octanol–water partition coefficient (Wildman–Crippen LogP) is 4.30. The van der Waals surface area contributed by atoms with Gasteiger partial charge in [0.1, 0.15) is 12.6 Å². The highest BCUT2D eigenvalue weighted by Crippen LogP contribution is 2.29. The molecule has 2 rings (SSSR count). The standard InChI is InChI=1S/C20H20F3NO3S/c1-28-11-10-17(24-18(25)15-7-3-2-4-8-15)19(26)27-13-14-6-5-9-16(12-14)20(21,22)23/h2-9,12,17H,10-11,13H2,1H3,(H,24,25). The molecule has 0 saturated heterocycles. The Bertz CT molecular complexity index is 797. The second kappa shape index (κ2) is 10.2.